The van der Waals surface area contributed by atoms with Crippen LogP contribution in [-0.4, -0.2) is 17.2 Å². The van der Waals surface area contributed by atoms with E-state index >= 15 is 0 Å². The van der Waals surface area contributed by atoms with Gasteiger partial charge in [-0.1, -0.05) is 55.4 Å². The molecule has 0 aliphatic rings. The zero-order valence-corrected chi connectivity index (χ0v) is 16.9. The van der Waals surface area contributed by atoms with Gasteiger partial charge in [-0.15, -0.1) is 0 Å². The highest BCUT2D eigenvalue weighted by molar-refractivity contribution is 6.33. The van der Waals surface area contributed by atoms with E-state index in [1.54, 1.807) is 19.2 Å². The van der Waals surface area contributed by atoms with E-state index in [0.29, 0.717) is 16.5 Å². The van der Waals surface area contributed by atoms with Crippen molar-refractivity contribution in [1.29, 1.82) is 0 Å². The summed E-state index contributed by atoms with van der Waals surface area (Å²) in [5, 5.41) is 11.5. The number of hydrogen-bond donors (Lipinski definition) is 1. The second kappa shape index (κ2) is 9.06. The Kier molecular flexibility index (Phi) is 6.48. The summed E-state index contributed by atoms with van der Waals surface area (Å²) in [5.74, 6) is 1.12. The van der Waals surface area contributed by atoms with Gasteiger partial charge in [0, 0.05) is 39.7 Å². The third kappa shape index (κ3) is 4.34. The predicted octanol–water partition coefficient (Wildman–Crippen LogP) is 6.79. The molecule has 0 atom stereocenters. The van der Waals surface area contributed by atoms with Gasteiger partial charge in [-0.3, -0.25) is 0 Å². The second-order valence-corrected chi connectivity index (χ2v) is 7.19. The zero-order chi connectivity index (χ0) is 20.4. The Labute approximate surface area is 181 Å². The molecule has 1 heterocycles. The Morgan fingerprint density at radius 2 is 1.73 bits per heavy atom. The Balaban J connectivity index is 0.00000256. The smallest absolute Gasteiger partial charge is 0.127 e. The normalized spacial score (nSPS) is 10.5. The molecule has 0 spiro atoms. The summed E-state index contributed by atoms with van der Waals surface area (Å²) in [4.78, 5) is 4.93. The molecule has 1 N–H and O–H groups in total. The summed E-state index contributed by atoms with van der Waals surface area (Å²) in [5.41, 5.74) is 4.57. The Bertz CT molecular complexity index is 1190. The molecule has 30 heavy (non-hydrogen) atoms. The van der Waals surface area contributed by atoms with Crippen LogP contribution in [0.1, 0.15) is 18.6 Å². The first-order valence-electron chi connectivity index (χ1n) is 9.20. The fourth-order valence-corrected chi connectivity index (χ4v) is 3.53. The molecule has 0 saturated carbocycles. The minimum absolute atomic E-state index is 0. The molecule has 0 amide bonds. The summed E-state index contributed by atoms with van der Waals surface area (Å²) in [6.07, 6.45) is 0. The maximum absolute atomic E-state index is 9.87. The van der Waals surface area contributed by atoms with Crippen molar-refractivity contribution in [3.8, 4) is 28.5 Å². The van der Waals surface area contributed by atoms with E-state index < -0.39 is 0 Å². The largest absolute Gasteiger partial charge is 0.508 e. The quantitative estimate of drug-likeness (QED) is 0.385. The number of hydrogen-bond acceptors (Lipinski definition) is 4. The van der Waals surface area contributed by atoms with Crippen LogP contribution >= 0.6 is 11.6 Å². The number of phenolic OH excluding ortho intramolecular Hbond substituents is 1. The first-order chi connectivity index (χ1) is 14.0. The molecule has 5 heteroatoms. The zero-order valence-electron chi connectivity index (χ0n) is 16.1. The van der Waals surface area contributed by atoms with Crippen molar-refractivity contribution in [2.24, 2.45) is 0 Å². The van der Waals surface area contributed by atoms with Gasteiger partial charge in [0.1, 0.15) is 23.9 Å². The van der Waals surface area contributed by atoms with Crippen molar-refractivity contribution in [2.75, 3.05) is 7.11 Å². The van der Waals surface area contributed by atoms with Gasteiger partial charge in [0.2, 0.25) is 0 Å². The number of aryl methyl sites for hydroxylation is 1. The second-order valence-electron chi connectivity index (χ2n) is 6.78. The number of phenols is 1. The summed E-state index contributed by atoms with van der Waals surface area (Å²) in [6.45, 7) is 2.31. The van der Waals surface area contributed by atoms with Crippen molar-refractivity contribution >= 4 is 22.5 Å². The number of fused-ring (bicyclic) bond motifs is 1. The Morgan fingerprint density at radius 3 is 2.50 bits per heavy atom. The molecule has 0 fully saturated rings. The number of aromatic nitrogens is 1. The molecular formula is C25H24ClNO3. The number of aromatic hydroxyl groups is 1. The van der Waals surface area contributed by atoms with Gasteiger partial charge >= 0.3 is 0 Å². The van der Waals surface area contributed by atoms with Crippen LogP contribution in [0.2, 0.25) is 5.02 Å². The van der Waals surface area contributed by atoms with Crippen LogP contribution < -0.4 is 9.47 Å². The van der Waals surface area contributed by atoms with Gasteiger partial charge in [-0.05, 0) is 24.6 Å². The minimum atomic E-state index is 0. The molecule has 0 radical (unpaired) electrons. The summed E-state index contributed by atoms with van der Waals surface area (Å²) in [7, 11) is 1.55. The number of halogens is 1. The highest BCUT2D eigenvalue weighted by atomic mass is 35.5. The first kappa shape index (κ1) is 21.5. The maximum Gasteiger partial charge on any atom is 0.127 e. The van der Waals surface area contributed by atoms with E-state index in [4.69, 9.17) is 26.1 Å². The fraction of sp³-hybridized carbons (Fsp3) is 0.160. The fourth-order valence-electron chi connectivity index (χ4n) is 3.31. The average molecular weight is 422 g/mol. The van der Waals surface area contributed by atoms with Crippen molar-refractivity contribution < 1.29 is 14.6 Å². The molecule has 4 aromatic rings. The predicted molar refractivity (Wildman–Crippen MR) is 123 cm³/mol. The van der Waals surface area contributed by atoms with E-state index in [1.807, 2.05) is 49.4 Å². The lowest BCUT2D eigenvalue weighted by Gasteiger charge is -2.15. The van der Waals surface area contributed by atoms with E-state index in [1.165, 1.54) is 6.07 Å². The highest BCUT2D eigenvalue weighted by Gasteiger charge is 2.14. The van der Waals surface area contributed by atoms with Crippen LogP contribution in [0.25, 0.3) is 22.2 Å². The lowest BCUT2D eigenvalue weighted by Crippen LogP contribution is -2.02. The number of benzene rings is 3. The average Bonchev–Trinajstić information content (AvgIpc) is 2.72. The van der Waals surface area contributed by atoms with Crippen molar-refractivity contribution in [3.05, 3.63) is 82.9 Å². The summed E-state index contributed by atoms with van der Waals surface area (Å²) >= 11 is 6.47. The molecule has 4 nitrogen and oxygen atoms in total. The molecule has 1 aromatic heterocycles. The van der Waals surface area contributed by atoms with Gasteiger partial charge in [0.05, 0.1) is 18.3 Å². The summed E-state index contributed by atoms with van der Waals surface area (Å²) in [6, 6.07) is 20.6. The van der Waals surface area contributed by atoms with E-state index in [9.17, 15) is 5.11 Å². The summed E-state index contributed by atoms with van der Waals surface area (Å²) < 4.78 is 11.2. The molecule has 0 saturated heterocycles. The molecule has 0 aliphatic carbocycles. The van der Waals surface area contributed by atoms with Crippen molar-refractivity contribution in [3.63, 3.8) is 0 Å². The molecule has 4 rings (SSSR count). The van der Waals surface area contributed by atoms with Crippen LogP contribution in [-0.2, 0) is 6.61 Å². The standard InChI is InChI=1S/C24H20ClNO3.CH4/c1-15-6-5-7-16-10-17(14-29-20-12-18(27)11-19(13-20)28-2)24(26-23(15)16)21-8-3-4-9-22(21)25;/h3-13,27H,14H2,1-2H3;1H4. The molecule has 0 unspecified atom stereocenters. The number of pyridine rings is 1. The number of rotatable bonds is 5. The van der Waals surface area contributed by atoms with Gasteiger partial charge < -0.3 is 14.6 Å². The Morgan fingerprint density at radius 1 is 0.967 bits per heavy atom. The molecule has 3 aromatic carbocycles. The lowest BCUT2D eigenvalue weighted by molar-refractivity contribution is 0.301. The van der Waals surface area contributed by atoms with Crippen LogP contribution in [0.5, 0.6) is 17.2 Å². The van der Waals surface area contributed by atoms with Crippen LogP contribution in [0.15, 0.2) is 66.7 Å². The molecule has 154 valence electrons. The van der Waals surface area contributed by atoms with Gasteiger partial charge in [0.25, 0.3) is 0 Å². The van der Waals surface area contributed by atoms with Crippen LogP contribution in [0, 0.1) is 6.92 Å². The molecular weight excluding hydrogens is 398 g/mol. The lowest BCUT2D eigenvalue weighted by atomic mass is 10.0. The third-order valence-corrected chi connectivity index (χ3v) is 5.08. The van der Waals surface area contributed by atoms with E-state index in [0.717, 1.165) is 33.3 Å². The van der Waals surface area contributed by atoms with Gasteiger partial charge in [-0.25, -0.2) is 4.98 Å². The van der Waals surface area contributed by atoms with Crippen molar-refractivity contribution in [1.82, 2.24) is 4.98 Å². The number of para-hydroxylation sites is 1. The topological polar surface area (TPSA) is 51.6 Å². The number of methoxy groups -OCH3 is 1. The van der Waals surface area contributed by atoms with E-state index in [2.05, 4.69) is 6.07 Å². The molecule has 0 bridgehead atoms. The van der Waals surface area contributed by atoms with Gasteiger partial charge in [-0.2, -0.15) is 0 Å². The third-order valence-electron chi connectivity index (χ3n) is 4.75. The maximum atomic E-state index is 9.87. The Hall–Kier alpha value is -3.24. The van der Waals surface area contributed by atoms with Crippen molar-refractivity contribution in [2.45, 2.75) is 21.0 Å². The van der Waals surface area contributed by atoms with E-state index in [-0.39, 0.29) is 19.8 Å². The number of ether oxygens (including phenoxy) is 2. The SMILES string of the molecule is C.COc1cc(O)cc(OCc2cc3cccc(C)c3nc2-c2ccccc2Cl)c1. The highest BCUT2D eigenvalue weighted by Crippen LogP contribution is 2.33. The minimum Gasteiger partial charge on any atom is -0.508 e. The monoisotopic (exact) mass is 421 g/mol. The van der Waals surface area contributed by atoms with Crippen LogP contribution in [0.3, 0.4) is 0 Å². The molecule has 0 aliphatic heterocycles. The van der Waals surface area contributed by atoms with Gasteiger partial charge in [0.15, 0.2) is 0 Å². The first-order valence-corrected chi connectivity index (χ1v) is 9.58. The number of nitrogens with zero attached hydrogens (tertiary/aromatic N) is 1. The van der Waals surface area contributed by atoms with Crippen LogP contribution in [0.4, 0.5) is 0 Å².